The Bertz CT molecular complexity index is 391. The standard InChI is InChI=1S/C14H21N3/c15-10-12-5-3-7-14(16-12)17-9-8-11-4-1-2-6-13(11)17/h3,5,7,11,13H,1-2,4,6,8-10,15H2. The van der Waals surface area contributed by atoms with Crippen molar-refractivity contribution >= 4 is 5.82 Å². The zero-order valence-electron chi connectivity index (χ0n) is 10.3. The maximum Gasteiger partial charge on any atom is 0.129 e. The fourth-order valence-electron chi connectivity index (χ4n) is 3.43. The first-order valence-corrected chi connectivity index (χ1v) is 6.81. The van der Waals surface area contributed by atoms with Gasteiger partial charge in [0.05, 0.1) is 5.69 Å². The van der Waals surface area contributed by atoms with Gasteiger partial charge in [0.1, 0.15) is 5.82 Å². The Hall–Kier alpha value is -1.09. The fourth-order valence-corrected chi connectivity index (χ4v) is 3.43. The van der Waals surface area contributed by atoms with E-state index in [1.165, 1.54) is 38.6 Å². The second-order valence-electron chi connectivity index (χ2n) is 5.29. The van der Waals surface area contributed by atoms with E-state index >= 15 is 0 Å². The molecule has 2 aliphatic rings. The van der Waals surface area contributed by atoms with Gasteiger partial charge in [-0.3, -0.25) is 0 Å². The van der Waals surface area contributed by atoms with Crippen LogP contribution in [0.15, 0.2) is 18.2 Å². The highest BCUT2D eigenvalue weighted by atomic mass is 15.2. The molecule has 1 aliphatic heterocycles. The van der Waals surface area contributed by atoms with Crippen LogP contribution in [0.25, 0.3) is 0 Å². The van der Waals surface area contributed by atoms with Crippen LogP contribution >= 0.6 is 0 Å². The van der Waals surface area contributed by atoms with E-state index in [-0.39, 0.29) is 0 Å². The molecule has 17 heavy (non-hydrogen) atoms. The van der Waals surface area contributed by atoms with Crippen molar-refractivity contribution in [1.82, 2.24) is 4.98 Å². The second kappa shape index (κ2) is 4.65. The number of hydrogen-bond donors (Lipinski definition) is 1. The van der Waals surface area contributed by atoms with Crippen molar-refractivity contribution in [2.24, 2.45) is 11.7 Å². The summed E-state index contributed by atoms with van der Waals surface area (Å²) in [6.45, 7) is 1.71. The zero-order valence-corrected chi connectivity index (χ0v) is 10.3. The van der Waals surface area contributed by atoms with Gasteiger partial charge in [0.15, 0.2) is 0 Å². The van der Waals surface area contributed by atoms with E-state index in [1.54, 1.807) is 0 Å². The molecule has 1 saturated heterocycles. The molecule has 2 N–H and O–H groups in total. The van der Waals surface area contributed by atoms with E-state index in [1.807, 2.05) is 6.07 Å². The summed E-state index contributed by atoms with van der Waals surface area (Å²) in [4.78, 5) is 7.18. The molecule has 3 nitrogen and oxygen atoms in total. The first kappa shape index (κ1) is 11.0. The highest BCUT2D eigenvalue weighted by Gasteiger charge is 2.36. The van der Waals surface area contributed by atoms with Gasteiger partial charge in [-0.05, 0) is 37.3 Å². The number of fused-ring (bicyclic) bond motifs is 1. The van der Waals surface area contributed by atoms with Crippen molar-refractivity contribution in [2.75, 3.05) is 11.4 Å². The summed E-state index contributed by atoms with van der Waals surface area (Å²) in [5, 5.41) is 0. The molecule has 2 unspecified atom stereocenters. The number of nitrogens with zero attached hydrogens (tertiary/aromatic N) is 2. The maximum atomic E-state index is 5.67. The van der Waals surface area contributed by atoms with Gasteiger partial charge in [-0.1, -0.05) is 18.9 Å². The molecule has 1 aliphatic carbocycles. The summed E-state index contributed by atoms with van der Waals surface area (Å²) in [7, 11) is 0. The van der Waals surface area contributed by atoms with Crippen LogP contribution in [0.2, 0.25) is 0 Å². The third-order valence-corrected chi connectivity index (χ3v) is 4.31. The van der Waals surface area contributed by atoms with Gasteiger partial charge in [-0.15, -0.1) is 0 Å². The molecule has 1 saturated carbocycles. The van der Waals surface area contributed by atoms with E-state index in [4.69, 9.17) is 5.73 Å². The van der Waals surface area contributed by atoms with Crippen molar-refractivity contribution in [2.45, 2.75) is 44.7 Å². The number of pyridine rings is 1. The van der Waals surface area contributed by atoms with Gasteiger partial charge >= 0.3 is 0 Å². The summed E-state index contributed by atoms with van der Waals surface area (Å²) in [5.41, 5.74) is 6.67. The Balaban J connectivity index is 1.83. The van der Waals surface area contributed by atoms with Crippen LogP contribution in [0.3, 0.4) is 0 Å². The van der Waals surface area contributed by atoms with Crippen LogP contribution < -0.4 is 10.6 Å². The van der Waals surface area contributed by atoms with Gasteiger partial charge in [-0.2, -0.15) is 0 Å². The SMILES string of the molecule is NCc1cccc(N2CCC3CCCCC32)n1. The Kier molecular flexibility index (Phi) is 3.02. The van der Waals surface area contributed by atoms with Gasteiger partial charge in [0.25, 0.3) is 0 Å². The van der Waals surface area contributed by atoms with Crippen LogP contribution in [0.1, 0.15) is 37.8 Å². The molecule has 92 valence electrons. The molecule has 2 heterocycles. The number of aromatic nitrogens is 1. The largest absolute Gasteiger partial charge is 0.353 e. The quantitative estimate of drug-likeness (QED) is 0.849. The molecule has 3 heteroatoms. The van der Waals surface area contributed by atoms with Crippen LogP contribution in [0.5, 0.6) is 0 Å². The van der Waals surface area contributed by atoms with Crippen molar-refractivity contribution in [3.05, 3.63) is 23.9 Å². The molecular weight excluding hydrogens is 210 g/mol. The minimum Gasteiger partial charge on any atom is -0.353 e. The minimum atomic E-state index is 0.537. The first-order chi connectivity index (χ1) is 8.38. The van der Waals surface area contributed by atoms with E-state index in [0.29, 0.717) is 6.54 Å². The van der Waals surface area contributed by atoms with Crippen molar-refractivity contribution in [3.8, 4) is 0 Å². The lowest BCUT2D eigenvalue weighted by atomic mass is 9.85. The average Bonchev–Trinajstić information content (AvgIpc) is 2.82. The second-order valence-corrected chi connectivity index (χ2v) is 5.29. The molecule has 2 atom stereocenters. The van der Waals surface area contributed by atoms with Gasteiger partial charge < -0.3 is 10.6 Å². The van der Waals surface area contributed by atoms with E-state index in [9.17, 15) is 0 Å². The Labute approximate surface area is 103 Å². The Morgan fingerprint density at radius 1 is 1.24 bits per heavy atom. The lowest BCUT2D eigenvalue weighted by Gasteiger charge is -2.32. The molecule has 0 spiro atoms. The molecule has 2 fully saturated rings. The van der Waals surface area contributed by atoms with Crippen molar-refractivity contribution in [3.63, 3.8) is 0 Å². The van der Waals surface area contributed by atoms with Crippen LogP contribution in [-0.2, 0) is 6.54 Å². The van der Waals surface area contributed by atoms with E-state index in [2.05, 4.69) is 22.0 Å². The Morgan fingerprint density at radius 2 is 2.12 bits per heavy atom. The lowest BCUT2D eigenvalue weighted by Crippen LogP contribution is -2.35. The fraction of sp³-hybridized carbons (Fsp3) is 0.643. The van der Waals surface area contributed by atoms with E-state index in [0.717, 1.165) is 23.5 Å². The molecule has 1 aromatic heterocycles. The summed E-state index contributed by atoms with van der Waals surface area (Å²) in [6, 6.07) is 6.97. The molecule has 0 radical (unpaired) electrons. The molecule has 0 amide bonds. The summed E-state index contributed by atoms with van der Waals surface area (Å²) >= 11 is 0. The monoisotopic (exact) mass is 231 g/mol. The maximum absolute atomic E-state index is 5.67. The highest BCUT2D eigenvalue weighted by molar-refractivity contribution is 5.42. The predicted molar refractivity (Wildman–Crippen MR) is 69.8 cm³/mol. The topological polar surface area (TPSA) is 42.1 Å². The molecular formula is C14H21N3. The van der Waals surface area contributed by atoms with Crippen LogP contribution in [0, 0.1) is 5.92 Å². The highest BCUT2D eigenvalue weighted by Crippen LogP contribution is 2.38. The van der Waals surface area contributed by atoms with Crippen LogP contribution in [0.4, 0.5) is 5.82 Å². The van der Waals surface area contributed by atoms with Crippen LogP contribution in [-0.4, -0.2) is 17.6 Å². The molecule has 1 aromatic rings. The number of rotatable bonds is 2. The summed E-state index contributed by atoms with van der Waals surface area (Å²) in [5.74, 6) is 2.05. The minimum absolute atomic E-state index is 0.537. The third-order valence-electron chi connectivity index (χ3n) is 4.31. The molecule has 3 rings (SSSR count). The van der Waals surface area contributed by atoms with Gasteiger partial charge in [0, 0.05) is 19.1 Å². The zero-order chi connectivity index (χ0) is 11.7. The Morgan fingerprint density at radius 3 is 3.00 bits per heavy atom. The number of anilines is 1. The molecule has 0 aromatic carbocycles. The summed E-state index contributed by atoms with van der Waals surface area (Å²) < 4.78 is 0. The van der Waals surface area contributed by atoms with Gasteiger partial charge in [0.2, 0.25) is 0 Å². The first-order valence-electron chi connectivity index (χ1n) is 6.81. The average molecular weight is 231 g/mol. The van der Waals surface area contributed by atoms with Crippen molar-refractivity contribution < 1.29 is 0 Å². The lowest BCUT2D eigenvalue weighted by molar-refractivity contribution is 0.341. The number of nitrogens with two attached hydrogens (primary N) is 1. The van der Waals surface area contributed by atoms with E-state index < -0.39 is 0 Å². The van der Waals surface area contributed by atoms with Crippen molar-refractivity contribution in [1.29, 1.82) is 0 Å². The summed E-state index contributed by atoms with van der Waals surface area (Å²) in [6.07, 6.45) is 6.91. The molecule has 0 bridgehead atoms. The predicted octanol–water partition coefficient (Wildman–Crippen LogP) is 2.31. The van der Waals surface area contributed by atoms with Gasteiger partial charge in [-0.25, -0.2) is 4.98 Å². The normalized spacial score (nSPS) is 28.2. The smallest absolute Gasteiger partial charge is 0.129 e. The number of hydrogen-bond acceptors (Lipinski definition) is 3. The third kappa shape index (κ3) is 2.04.